The summed E-state index contributed by atoms with van der Waals surface area (Å²) < 4.78 is 66.7. The van der Waals surface area contributed by atoms with Gasteiger partial charge in [-0.2, -0.15) is 0 Å². The SMILES string of the molecule is Nc1ncnc2c1ncn2[C@@H]1O[C@H](COP(=O)(O)OP(=O)([O-])OCC2O[C@H]([NH+]3C=C(C(=O)O)C=CC3)[C@@H](O)[C@H]2O)[C@@H](O)[C@H]1OP(=O)(O)O. The number of hydrogen-bond acceptors (Lipinski definition) is 18. The van der Waals surface area contributed by atoms with E-state index in [-0.39, 0.29) is 34.0 Å². The van der Waals surface area contributed by atoms with Crippen LogP contribution in [0.3, 0.4) is 0 Å². The Labute approximate surface area is 268 Å². The average Bonchev–Trinajstić information content (AvgIpc) is 3.64. The second-order valence-electron chi connectivity index (χ2n) is 10.5. The molecule has 3 aliphatic heterocycles. The zero-order valence-corrected chi connectivity index (χ0v) is 26.6. The van der Waals surface area contributed by atoms with E-state index < -0.39 is 91.7 Å². The van der Waals surface area contributed by atoms with Crippen LogP contribution in [0.5, 0.6) is 0 Å². The highest BCUT2D eigenvalue weighted by molar-refractivity contribution is 7.60. The van der Waals surface area contributed by atoms with Crippen molar-refractivity contribution in [3.8, 4) is 0 Å². The number of rotatable bonds is 13. The van der Waals surface area contributed by atoms with E-state index in [4.69, 9.17) is 15.2 Å². The van der Waals surface area contributed by atoms with Crippen molar-refractivity contribution >= 4 is 46.4 Å². The molecule has 0 aromatic carbocycles. The highest BCUT2D eigenvalue weighted by Gasteiger charge is 2.51. The number of nitrogen functional groups attached to an aromatic ring is 1. The Morgan fingerprint density at radius 3 is 2.42 bits per heavy atom. The predicted molar refractivity (Wildman–Crippen MR) is 148 cm³/mol. The van der Waals surface area contributed by atoms with Gasteiger partial charge in [-0.25, -0.2) is 33.2 Å². The minimum atomic E-state index is -5.73. The van der Waals surface area contributed by atoms with Crippen LogP contribution in [0.25, 0.3) is 11.2 Å². The van der Waals surface area contributed by atoms with Crippen LogP contribution >= 0.6 is 23.5 Å². The molecule has 3 aliphatic rings. The van der Waals surface area contributed by atoms with Crippen LogP contribution in [0.15, 0.2) is 36.6 Å². The fraction of sp³-hybridized carbons (Fsp3) is 0.524. The molecule has 0 aliphatic carbocycles. The number of fused-ring (bicyclic) bond motifs is 1. The first-order valence-corrected chi connectivity index (χ1v) is 18.0. The number of phosphoric acid groups is 3. The van der Waals surface area contributed by atoms with Gasteiger partial charge < -0.3 is 59.7 Å². The zero-order chi connectivity index (χ0) is 35.2. The minimum absolute atomic E-state index is 0.00738. The van der Waals surface area contributed by atoms with Crippen LogP contribution in [-0.2, 0) is 45.8 Å². The molecule has 0 radical (unpaired) electrons. The molecule has 2 fully saturated rings. The van der Waals surface area contributed by atoms with Gasteiger partial charge in [0.2, 0.25) is 6.23 Å². The third kappa shape index (κ3) is 8.24. The molecule has 4 unspecified atom stereocenters. The first-order chi connectivity index (χ1) is 22.4. The number of carboxylic acid groups (broad SMARTS) is 1. The number of aromatic nitrogens is 4. The smallest absolute Gasteiger partial charge is 0.478 e. The Hall–Kier alpha value is -2.57. The quantitative estimate of drug-likeness (QED) is 0.0874. The molecule has 48 heavy (non-hydrogen) atoms. The first-order valence-electron chi connectivity index (χ1n) is 13.5. The van der Waals surface area contributed by atoms with Crippen LogP contribution in [0.2, 0.25) is 0 Å². The number of phosphoric ester groups is 3. The summed E-state index contributed by atoms with van der Waals surface area (Å²) >= 11 is 0. The maximum absolute atomic E-state index is 12.5. The summed E-state index contributed by atoms with van der Waals surface area (Å²) in [6.07, 6.45) is -7.03. The molecule has 10 N–H and O–H groups in total. The van der Waals surface area contributed by atoms with Gasteiger partial charge >= 0.3 is 21.6 Å². The number of quaternary nitrogens is 1. The number of nitrogens with zero attached hydrogens (tertiary/aromatic N) is 4. The number of nitrogens with two attached hydrogens (primary N) is 1. The van der Waals surface area contributed by atoms with Gasteiger partial charge in [-0.1, -0.05) is 0 Å². The molecular formula is C21H29N6O18P3. The van der Waals surface area contributed by atoms with Crippen LogP contribution in [0.4, 0.5) is 5.82 Å². The van der Waals surface area contributed by atoms with E-state index in [0.29, 0.717) is 0 Å². The summed E-state index contributed by atoms with van der Waals surface area (Å²) in [5.74, 6) is -1.32. The number of aliphatic hydroxyl groups excluding tert-OH is 3. The van der Waals surface area contributed by atoms with Crippen LogP contribution in [0.1, 0.15) is 6.23 Å². The molecular weight excluding hydrogens is 717 g/mol. The molecule has 0 amide bonds. The van der Waals surface area contributed by atoms with Gasteiger partial charge in [0.1, 0.15) is 60.7 Å². The Morgan fingerprint density at radius 2 is 1.73 bits per heavy atom. The van der Waals surface area contributed by atoms with Crippen LogP contribution in [-0.4, -0.2) is 123 Å². The molecule has 5 heterocycles. The molecule has 266 valence electrons. The van der Waals surface area contributed by atoms with Crippen molar-refractivity contribution in [3.63, 3.8) is 0 Å². The van der Waals surface area contributed by atoms with Gasteiger partial charge in [-0.15, -0.1) is 0 Å². The number of anilines is 1. The highest BCUT2D eigenvalue weighted by Crippen LogP contribution is 2.58. The number of hydrogen-bond donors (Lipinski definition) is 9. The molecule has 11 atom stereocenters. The third-order valence-electron chi connectivity index (χ3n) is 7.20. The predicted octanol–water partition coefficient (Wildman–Crippen LogP) is -4.37. The Balaban J connectivity index is 1.20. The maximum Gasteiger partial charge on any atom is 0.478 e. The molecule has 2 aromatic rings. The van der Waals surface area contributed by atoms with E-state index >= 15 is 0 Å². The fourth-order valence-corrected chi connectivity index (χ4v) is 7.67. The summed E-state index contributed by atoms with van der Waals surface area (Å²) in [5.41, 5.74) is 5.67. The molecule has 0 bridgehead atoms. The van der Waals surface area contributed by atoms with Crippen LogP contribution < -0.4 is 15.5 Å². The van der Waals surface area contributed by atoms with Crippen molar-refractivity contribution in [1.82, 2.24) is 19.5 Å². The van der Waals surface area contributed by atoms with E-state index in [1.165, 1.54) is 18.4 Å². The van der Waals surface area contributed by atoms with E-state index in [0.717, 1.165) is 17.2 Å². The van der Waals surface area contributed by atoms with Gasteiger partial charge in [0, 0.05) is 0 Å². The Morgan fingerprint density at radius 1 is 1.04 bits per heavy atom. The Bertz CT molecular complexity index is 1730. The number of ether oxygens (including phenoxy) is 2. The molecule has 0 spiro atoms. The second-order valence-corrected chi connectivity index (χ2v) is 14.6. The maximum atomic E-state index is 12.5. The lowest BCUT2D eigenvalue weighted by molar-refractivity contribution is -0.897. The Kier molecular flexibility index (Phi) is 10.7. The van der Waals surface area contributed by atoms with Crippen molar-refractivity contribution in [2.24, 2.45) is 0 Å². The van der Waals surface area contributed by atoms with Gasteiger partial charge in [0.15, 0.2) is 23.8 Å². The molecule has 5 rings (SSSR count). The fourth-order valence-electron chi connectivity index (χ4n) is 5.07. The lowest BCUT2D eigenvalue weighted by Gasteiger charge is -2.27. The van der Waals surface area contributed by atoms with E-state index in [1.54, 1.807) is 0 Å². The number of aliphatic carboxylic acids is 1. The average molecular weight is 746 g/mol. The molecule has 24 nitrogen and oxygen atoms in total. The largest absolute Gasteiger partial charge is 0.756 e. The second kappa shape index (κ2) is 14.0. The van der Waals surface area contributed by atoms with Gasteiger partial charge in [0.25, 0.3) is 7.82 Å². The normalized spacial score (nSPS) is 33.4. The summed E-state index contributed by atoms with van der Waals surface area (Å²) in [6, 6.07) is 0. The monoisotopic (exact) mass is 746 g/mol. The third-order valence-corrected chi connectivity index (χ3v) is 10.3. The summed E-state index contributed by atoms with van der Waals surface area (Å²) in [4.78, 5) is 64.5. The lowest BCUT2D eigenvalue weighted by atomic mass is 10.1. The summed E-state index contributed by atoms with van der Waals surface area (Å²) in [5, 5.41) is 40.7. The molecule has 2 aromatic heterocycles. The van der Waals surface area contributed by atoms with Crippen molar-refractivity contribution in [1.29, 1.82) is 0 Å². The molecule has 0 saturated carbocycles. The number of carbonyl (C=O) groups is 1. The standard InChI is InChI=1S/C21H29N6O18P3/c22-17-12-18(24-7-23-17)27(8-25-12)20-16(44-46(33,34)35)14(29)11(43-20)6-41-48(38,39)45-47(36,37)40-5-10-13(28)15(30)19(42-10)26-3-1-2-9(4-26)21(31)32/h1-2,4,7-8,10-11,13-16,19-20,28-30H,3,5-6H2,(H,31,32)(H,36,37)(H,38,39)(H2,22,23,24)(H2,33,34,35)/t10?,11-,13+,14-,15+,16-,19+,20-/m1/s1. The molecule has 27 heteroatoms. The lowest BCUT2D eigenvalue weighted by Crippen LogP contribution is -3.13. The van der Waals surface area contributed by atoms with Crippen LogP contribution in [0, 0.1) is 0 Å². The minimum Gasteiger partial charge on any atom is -0.756 e. The summed E-state index contributed by atoms with van der Waals surface area (Å²) in [7, 11) is -16.6. The van der Waals surface area contributed by atoms with E-state index in [9.17, 15) is 58.5 Å². The first kappa shape index (κ1) is 36.7. The van der Waals surface area contributed by atoms with Crippen molar-refractivity contribution in [2.75, 3.05) is 25.5 Å². The number of aliphatic hydroxyl groups is 3. The van der Waals surface area contributed by atoms with Gasteiger partial charge in [0.05, 0.1) is 19.5 Å². The van der Waals surface area contributed by atoms with Crippen molar-refractivity contribution in [3.05, 3.63) is 36.6 Å². The number of imidazole rings is 1. The number of nitrogens with one attached hydrogen (secondary N) is 1. The van der Waals surface area contributed by atoms with E-state index in [1.807, 2.05) is 0 Å². The van der Waals surface area contributed by atoms with E-state index in [2.05, 4.69) is 32.8 Å². The highest BCUT2D eigenvalue weighted by atomic mass is 31.3. The summed E-state index contributed by atoms with van der Waals surface area (Å²) in [6.45, 7) is -1.97. The van der Waals surface area contributed by atoms with Crippen molar-refractivity contribution < 1.29 is 90.7 Å². The van der Waals surface area contributed by atoms with Crippen molar-refractivity contribution in [2.45, 2.75) is 49.1 Å². The zero-order valence-electron chi connectivity index (χ0n) is 24.0. The molecule has 2 saturated heterocycles. The topological polar surface area (TPSA) is 362 Å². The van der Waals surface area contributed by atoms with Gasteiger partial charge in [-0.05, 0) is 12.2 Å². The number of carboxylic acids is 1. The van der Waals surface area contributed by atoms with Gasteiger partial charge in [-0.3, -0.25) is 23.1 Å².